The molecule has 2 aromatic heterocycles. The van der Waals surface area contributed by atoms with E-state index in [0.717, 1.165) is 31.0 Å². The maximum absolute atomic E-state index is 12.5. The van der Waals surface area contributed by atoms with Crippen molar-refractivity contribution in [3.8, 4) is 0 Å². The summed E-state index contributed by atoms with van der Waals surface area (Å²) < 4.78 is 31.1. The summed E-state index contributed by atoms with van der Waals surface area (Å²) in [4.78, 5) is 4.42. The Kier molecular flexibility index (Phi) is 4.77. The smallest absolute Gasteiger partial charge is 0.248 e. The van der Waals surface area contributed by atoms with Crippen molar-refractivity contribution in [2.45, 2.75) is 24.2 Å². The molecule has 26 heavy (non-hydrogen) atoms. The Balaban J connectivity index is 1.39. The van der Waals surface area contributed by atoms with E-state index >= 15 is 0 Å². The average molecular weight is 378 g/mol. The van der Waals surface area contributed by atoms with Crippen molar-refractivity contribution in [2.24, 2.45) is 0 Å². The van der Waals surface area contributed by atoms with Crippen molar-refractivity contribution >= 4 is 21.7 Å². The van der Waals surface area contributed by atoms with E-state index in [0.29, 0.717) is 26.2 Å². The van der Waals surface area contributed by atoms with Gasteiger partial charge in [-0.05, 0) is 31.4 Å². The van der Waals surface area contributed by atoms with E-state index in [1.807, 2.05) is 12.1 Å². The Hall–Kier alpha value is -2.20. The first-order chi connectivity index (χ1) is 12.6. The molecule has 2 saturated heterocycles. The Labute approximate surface area is 152 Å². The van der Waals surface area contributed by atoms with E-state index in [2.05, 4.69) is 29.7 Å². The van der Waals surface area contributed by atoms with Crippen LogP contribution in [0.3, 0.4) is 0 Å². The third-order valence-electron chi connectivity index (χ3n) is 4.93. The standard InChI is InChI=1S/C16H22N6O3S/c23-26(24,14-12-17-25-13-14)22-10-8-21(9-11-22)16-5-4-15(18-19-16)20-6-2-1-3-7-20/h4-5,12-13H,1-3,6-11H2. The summed E-state index contributed by atoms with van der Waals surface area (Å²) in [5.41, 5.74) is 0. The Morgan fingerprint density at radius 1 is 0.846 bits per heavy atom. The zero-order valence-electron chi connectivity index (χ0n) is 14.5. The first-order valence-corrected chi connectivity index (χ1v) is 10.3. The number of piperazine rings is 1. The molecule has 4 heterocycles. The number of aromatic nitrogens is 3. The second-order valence-corrected chi connectivity index (χ2v) is 8.49. The summed E-state index contributed by atoms with van der Waals surface area (Å²) in [6.07, 6.45) is 6.07. The molecule has 0 unspecified atom stereocenters. The maximum atomic E-state index is 12.5. The number of nitrogens with zero attached hydrogens (tertiary/aromatic N) is 6. The lowest BCUT2D eigenvalue weighted by Crippen LogP contribution is -2.48. The topological polar surface area (TPSA) is 95.7 Å². The van der Waals surface area contributed by atoms with Gasteiger partial charge in [0.1, 0.15) is 11.2 Å². The minimum atomic E-state index is -3.54. The molecule has 0 saturated carbocycles. The van der Waals surface area contributed by atoms with E-state index < -0.39 is 10.0 Å². The van der Waals surface area contributed by atoms with Crippen LogP contribution in [0, 0.1) is 0 Å². The van der Waals surface area contributed by atoms with Gasteiger partial charge >= 0.3 is 0 Å². The van der Waals surface area contributed by atoms with Crippen LogP contribution in [0.2, 0.25) is 0 Å². The van der Waals surface area contributed by atoms with Crippen LogP contribution < -0.4 is 9.80 Å². The van der Waals surface area contributed by atoms with Gasteiger partial charge < -0.3 is 14.3 Å². The fourth-order valence-corrected chi connectivity index (χ4v) is 4.69. The quantitative estimate of drug-likeness (QED) is 0.776. The van der Waals surface area contributed by atoms with Gasteiger partial charge in [0.15, 0.2) is 11.6 Å². The molecule has 0 atom stereocenters. The predicted molar refractivity (Wildman–Crippen MR) is 95.6 cm³/mol. The minimum Gasteiger partial charge on any atom is -0.363 e. The highest BCUT2D eigenvalue weighted by Crippen LogP contribution is 2.21. The molecule has 4 rings (SSSR count). The van der Waals surface area contributed by atoms with Crippen LogP contribution in [0.25, 0.3) is 0 Å². The number of anilines is 2. The Morgan fingerprint density at radius 3 is 2.00 bits per heavy atom. The summed E-state index contributed by atoms with van der Waals surface area (Å²) in [6, 6.07) is 3.98. The van der Waals surface area contributed by atoms with Gasteiger partial charge in [-0.25, -0.2) is 8.42 Å². The summed E-state index contributed by atoms with van der Waals surface area (Å²) in [5, 5.41) is 12.2. The summed E-state index contributed by atoms with van der Waals surface area (Å²) >= 11 is 0. The number of hydrogen-bond donors (Lipinski definition) is 0. The Bertz CT molecular complexity index is 810. The van der Waals surface area contributed by atoms with Gasteiger partial charge in [0.2, 0.25) is 10.0 Å². The van der Waals surface area contributed by atoms with Gasteiger partial charge in [0.25, 0.3) is 0 Å². The summed E-state index contributed by atoms with van der Waals surface area (Å²) in [7, 11) is -3.54. The largest absolute Gasteiger partial charge is 0.363 e. The van der Waals surface area contributed by atoms with E-state index in [1.165, 1.54) is 29.8 Å². The van der Waals surface area contributed by atoms with Crippen LogP contribution in [0.4, 0.5) is 11.6 Å². The molecular formula is C16H22N6O3S. The molecule has 0 N–H and O–H groups in total. The lowest BCUT2D eigenvalue weighted by atomic mass is 10.1. The highest BCUT2D eigenvalue weighted by Gasteiger charge is 2.30. The lowest BCUT2D eigenvalue weighted by Gasteiger charge is -2.34. The summed E-state index contributed by atoms with van der Waals surface area (Å²) in [6.45, 7) is 4.00. The lowest BCUT2D eigenvalue weighted by molar-refractivity contribution is 0.382. The fourth-order valence-electron chi connectivity index (χ4n) is 3.41. The molecule has 10 heteroatoms. The predicted octanol–water partition coefficient (Wildman–Crippen LogP) is 0.966. The van der Waals surface area contributed by atoms with E-state index in [4.69, 9.17) is 0 Å². The zero-order valence-corrected chi connectivity index (χ0v) is 15.3. The second-order valence-electron chi connectivity index (χ2n) is 6.55. The van der Waals surface area contributed by atoms with Crippen molar-refractivity contribution in [2.75, 3.05) is 49.1 Å². The number of piperidine rings is 1. The summed E-state index contributed by atoms with van der Waals surface area (Å²) in [5.74, 6) is 1.70. The highest BCUT2D eigenvalue weighted by atomic mass is 32.2. The molecule has 0 bridgehead atoms. The first-order valence-electron chi connectivity index (χ1n) is 8.88. The molecule has 2 aliphatic heterocycles. The first kappa shape index (κ1) is 17.2. The van der Waals surface area contributed by atoms with Crippen LogP contribution in [-0.4, -0.2) is 67.3 Å². The zero-order chi connectivity index (χ0) is 18.0. The second kappa shape index (κ2) is 7.20. The van der Waals surface area contributed by atoms with Gasteiger partial charge in [0.05, 0.1) is 6.20 Å². The fraction of sp³-hybridized carbons (Fsp3) is 0.562. The monoisotopic (exact) mass is 378 g/mol. The molecule has 0 aliphatic carbocycles. The molecule has 0 radical (unpaired) electrons. The molecule has 2 aliphatic rings. The number of sulfonamides is 1. The molecule has 9 nitrogen and oxygen atoms in total. The average Bonchev–Trinajstić information content (AvgIpc) is 3.25. The third kappa shape index (κ3) is 3.38. The number of rotatable bonds is 4. The van der Waals surface area contributed by atoms with Gasteiger partial charge in [-0.2, -0.15) is 4.31 Å². The van der Waals surface area contributed by atoms with E-state index in [1.54, 1.807) is 0 Å². The maximum Gasteiger partial charge on any atom is 0.248 e. The molecule has 0 amide bonds. The third-order valence-corrected chi connectivity index (χ3v) is 6.77. The molecule has 0 spiro atoms. The van der Waals surface area contributed by atoms with Gasteiger partial charge in [-0.15, -0.1) is 10.2 Å². The van der Waals surface area contributed by atoms with Crippen molar-refractivity contribution in [3.05, 3.63) is 24.6 Å². The van der Waals surface area contributed by atoms with Crippen LogP contribution in [0.1, 0.15) is 19.3 Å². The molecule has 2 fully saturated rings. The van der Waals surface area contributed by atoms with Gasteiger partial charge in [0, 0.05) is 39.3 Å². The van der Waals surface area contributed by atoms with Crippen LogP contribution in [-0.2, 0) is 10.0 Å². The van der Waals surface area contributed by atoms with Crippen molar-refractivity contribution in [1.82, 2.24) is 19.7 Å². The van der Waals surface area contributed by atoms with Crippen LogP contribution in [0.5, 0.6) is 0 Å². The normalized spacial score (nSPS) is 19.7. The molecule has 2 aromatic rings. The van der Waals surface area contributed by atoms with Crippen molar-refractivity contribution in [1.29, 1.82) is 0 Å². The molecule has 0 aromatic carbocycles. The van der Waals surface area contributed by atoms with Crippen molar-refractivity contribution < 1.29 is 12.9 Å². The van der Waals surface area contributed by atoms with E-state index in [9.17, 15) is 8.42 Å². The van der Waals surface area contributed by atoms with Crippen LogP contribution in [0.15, 0.2) is 34.0 Å². The van der Waals surface area contributed by atoms with Crippen LogP contribution >= 0.6 is 0 Å². The van der Waals surface area contributed by atoms with Gasteiger partial charge in [-0.1, -0.05) is 5.16 Å². The van der Waals surface area contributed by atoms with Gasteiger partial charge in [-0.3, -0.25) is 0 Å². The highest BCUT2D eigenvalue weighted by molar-refractivity contribution is 7.89. The molecular weight excluding hydrogens is 356 g/mol. The van der Waals surface area contributed by atoms with E-state index in [-0.39, 0.29) is 4.90 Å². The molecule has 140 valence electrons. The van der Waals surface area contributed by atoms with Crippen molar-refractivity contribution in [3.63, 3.8) is 0 Å². The Morgan fingerprint density at radius 2 is 1.46 bits per heavy atom. The number of hydrogen-bond acceptors (Lipinski definition) is 8. The minimum absolute atomic E-state index is 0.0941. The SMILES string of the molecule is O=S(=O)(c1cnoc1)N1CCN(c2ccc(N3CCCCC3)nn2)CC1.